The lowest BCUT2D eigenvalue weighted by atomic mass is 10.1. The highest BCUT2D eigenvalue weighted by molar-refractivity contribution is 9.10. The molecular formula is C9H8BrF2NO2. The predicted octanol–water partition coefficient (Wildman–Crippen LogP) is 1.83. The molecule has 0 aliphatic rings. The molecule has 0 aromatic heterocycles. The van der Waals surface area contributed by atoms with Gasteiger partial charge in [0.2, 0.25) is 0 Å². The van der Waals surface area contributed by atoms with Crippen LogP contribution < -0.4 is 5.32 Å². The number of ketones is 1. The van der Waals surface area contributed by atoms with Crippen molar-refractivity contribution in [1.82, 2.24) is 5.32 Å². The topological polar surface area (TPSA) is 49.3 Å². The van der Waals surface area contributed by atoms with Gasteiger partial charge in [-0.1, -0.05) is 0 Å². The van der Waals surface area contributed by atoms with Crippen LogP contribution in [-0.2, 0) is 0 Å². The first-order valence-electron chi connectivity index (χ1n) is 4.03. The van der Waals surface area contributed by atoms with Crippen LogP contribution in [0.3, 0.4) is 0 Å². The van der Waals surface area contributed by atoms with E-state index in [0.29, 0.717) is 6.07 Å². The highest BCUT2D eigenvalue weighted by atomic mass is 79.9. The predicted molar refractivity (Wildman–Crippen MR) is 54.0 cm³/mol. The van der Waals surface area contributed by atoms with Crippen LogP contribution in [-0.4, -0.2) is 24.5 Å². The summed E-state index contributed by atoms with van der Waals surface area (Å²) in [6.07, 6.45) is 0. The fourth-order valence-electron chi connectivity index (χ4n) is 1.05. The summed E-state index contributed by atoms with van der Waals surface area (Å²) in [6.45, 7) is -0.0644. The number of Topliss-reactive ketones (excluding diaryl/α,β-unsaturated/α-hetero) is 1. The third-order valence-electron chi connectivity index (χ3n) is 1.77. The molecule has 15 heavy (non-hydrogen) atoms. The van der Waals surface area contributed by atoms with E-state index in [1.165, 1.54) is 7.05 Å². The Kier molecular flexibility index (Phi) is 3.76. The minimum Gasteiger partial charge on any atom is -0.506 e. The number of carbonyl (C=O) groups excluding carboxylic acids is 1. The molecule has 1 rings (SSSR count). The maximum absolute atomic E-state index is 12.9. The molecule has 0 atom stereocenters. The van der Waals surface area contributed by atoms with Crippen LogP contribution in [0.5, 0.6) is 5.75 Å². The SMILES string of the molecule is CNCC(=O)c1cc(F)c(F)c(Br)c1O. The second-order valence-corrected chi connectivity index (χ2v) is 3.63. The van der Waals surface area contributed by atoms with Crippen LogP contribution in [0.1, 0.15) is 10.4 Å². The zero-order valence-corrected chi connectivity index (χ0v) is 9.36. The van der Waals surface area contributed by atoms with Gasteiger partial charge in [-0.05, 0) is 29.0 Å². The summed E-state index contributed by atoms with van der Waals surface area (Å²) in [5.41, 5.74) is -0.255. The smallest absolute Gasteiger partial charge is 0.180 e. The van der Waals surface area contributed by atoms with Gasteiger partial charge in [0.05, 0.1) is 16.6 Å². The van der Waals surface area contributed by atoms with E-state index in [1.54, 1.807) is 0 Å². The summed E-state index contributed by atoms with van der Waals surface area (Å²) in [6, 6.07) is 0.676. The number of hydrogen-bond donors (Lipinski definition) is 2. The van der Waals surface area contributed by atoms with Crippen molar-refractivity contribution in [3.05, 3.63) is 27.7 Å². The van der Waals surface area contributed by atoms with Crippen molar-refractivity contribution in [2.45, 2.75) is 0 Å². The second kappa shape index (κ2) is 4.67. The summed E-state index contributed by atoms with van der Waals surface area (Å²) in [5, 5.41) is 12.0. The van der Waals surface area contributed by atoms with Gasteiger partial charge in [-0.2, -0.15) is 0 Å². The molecule has 82 valence electrons. The molecule has 0 saturated heterocycles. The molecule has 0 amide bonds. The number of phenolic OH excluding ortho intramolecular Hbond substituents is 1. The molecule has 1 aromatic carbocycles. The summed E-state index contributed by atoms with van der Waals surface area (Å²) in [7, 11) is 1.53. The van der Waals surface area contributed by atoms with Crippen molar-refractivity contribution in [2.24, 2.45) is 0 Å². The van der Waals surface area contributed by atoms with Gasteiger partial charge in [-0.25, -0.2) is 8.78 Å². The average Bonchev–Trinajstić information content (AvgIpc) is 2.20. The Labute approximate surface area is 93.2 Å². The Balaban J connectivity index is 3.26. The fraction of sp³-hybridized carbons (Fsp3) is 0.222. The zero-order chi connectivity index (χ0) is 11.6. The molecule has 0 aliphatic heterocycles. The van der Waals surface area contributed by atoms with E-state index in [-0.39, 0.29) is 12.1 Å². The number of nitrogens with one attached hydrogen (secondary N) is 1. The summed E-state index contributed by atoms with van der Waals surface area (Å²) in [5.74, 6) is -3.50. The molecule has 0 radical (unpaired) electrons. The Hall–Kier alpha value is -1.01. The zero-order valence-electron chi connectivity index (χ0n) is 7.77. The molecule has 0 aliphatic carbocycles. The number of hydrogen-bond acceptors (Lipinski definition) is 3. The number of halogens is 3. The lowest BCUT2D eigenvalue weighted by Crippen LogP contribution is -2.19. The first kappa shape index (κ1) is 12.1. The third-order valence-corrected chi connectivity index (χ3v) is 2.50. The minimum absolute atomic E-state index is 0.0644. The van der Waals surface area contributed by atoms with E-state index in [9.17, 15) is 18.7 Å². The van der Waals surface area contributed by atoms with Crippen LogP contribution in [0.4, 0.5) is 8.78 Å². The van der Waals surface area contributed by atoms with Gasteiger partial charge in [0.25, 0.3) is 0 Å². The van der Waals surface area contributed by atoms with Crippen LogP contribution in [0.15, 0.2) is 10.5 Å². The molecule has 0 heterocycles. The quantitative estimate of drug-likeness (QED) is 0.656. The Bertz CT molecular complexity index is 410. The number of phenols is 1. The van der Waals surface area contributed by atoms with Crippen LogP contribution in [0.2, 0.25) is 0 Å². The van der Waals surface area contributed by atoms with E-state index < -0.39 is 27.6 Å². The standard InChI is InChI=1S/C9H8BrF2NO2/c1-13-3-6(14)4-2-5(11)8(12)7(10)9(4)15/h2,13,15H,3H2,1H3. The maximum Gasteiger partial charge on any atom is 0.180 e. The number of carbonyl (C=O) groups is 1. The van der Waals surface area contributed by atoms with E-state index in [2.05, 4.69) is 21.2 Å². The van der Waals surface area contributed by atoms with E-state index in [1.807, 2.05) is 0 Å². The first-order chi connectivity index (χ1) is 6.99. The van der Waals surface area contributed by atoms with Crippen LogP contribution >= 0.6 is 15.9 Å². The molecule has 0 bridgehead atoms. The van der Waals surface area contributed by atoms with Crippen molar-refractivity contribution < 1.29 is 18.7 Å². The monoisotopic (exact) mass is 279 g/mol. The van der Waals surface area contributed by atoms with Gasteiger partial charge in [0.1, 0.15) is 5.75 Å². The summed E-state index contributed by atoms with van der Waals surface area (Å²) >= 11 is 2.66. The fourth-order valence-corrected chi connectivity index (χ4v) is 1.46. The number of benzene rings is 1. The molecule has 6 heteroatoms. The van der Waals surface area contributed by atoms with Crippen molar-refractivity contribution in [2.75, 3.05) is 13.6 Å². The Morgan fingerprint density at radius 3 is 2.73 bits per heavy atom. The molecule has 1 aromatic rings. The number of rotatable bonds is 3. The number of likely N-dealkylation sites (N-methyl/N-ethyl adjacent to an activating group) is 1. The molecule has 0 saturated carbocycles. The van der Waals surface area contributed by atoms with Crippen LogP contribution in [0, 0.1) is 11.6 Å². The van der Waals surface area contributed by atoms with Crippen molar-refractivity contribution in [1.29, 1.82) is 0 Å². The lowest BCUT2D eigenvalue weighted by molar-refractivity contribution is 0.0990. The van der Waals surface area contributed by atoms with Gasteiger partial charge in [-0.15, -0.1) is 0 Å². The van der Waals surface area contributed by atoms with Gasteiger partial charge < -0.3 is 10.4 Å². The maximum atomic E-state index is 12.9. The molecular weight excluding hydrogens is 272 g/mol. The van der Waals surface area contributed by atoms with Crippen molar-refractivity contribution >= 4 is 21.7 Å². The largest absolute Gasteiger partial charge is 0.506 e. The van der Waals surface area contributed by atoms with Gasteiger partial charge in [0, 0.05) is 0 Å². The molecule has 0 unspecified atom stereocenters. The molecule has 0 fully saturated rings. The molecule has 2 N–H and O–H groups in total. The normalized spacial score (nSPS) is 10.4. The van der Waals surface area contributed by atoms with Gasteiger partial charge in [0.15, 0.2) is 17.4 Å². The van der Waals surface area contributed by atoms with Gasteiger partial charge in [-0.3, -0.25) is 4.79 Å². The molecule has 3 nitrogen and oxygen atoms in total. The van der Waals surface area contributed by atoms with Crippen LogP contribution in [0.25, 0.3) is 0 Å². The average molecular weight is 280 g/mol. The highest BCUT2D eigenvalue weighted by Gasteiger charge is 2.19. The number of aromatic hydroxyl groups is 1. The Morgan fingerprint density at radius 1 is 1.60 bits per heavy atom. The first-order valence-corrected chi connectivity index (χ1v) is 4.82. The second-order valence-electron chi connectivity index (χ2n) is 2.84. The lowest BCUT2D eigenvalue weighted by Gasteiger charge is -2.06. The third kappa shape index (κ3) is 2.32. The van der Waals surface area contributed by atoms with Crippen molar-refractivity contribution in [3.63, 3.8) is 0 Å². The Morgan fingerprint density at radius 2 is 2.20 bits per heavy atom. The van der Waals surface area contributed by atoms with E-state index in [0.717, 1.165) is 0 Å². The van der Waals surface area contributed by atoms with E-state index >= 15 is 0 Å². The minimum atomic E-state index is -1.21. The summed E-state index contributed by atoms with van der Waals surface area (Å²) in [4.78, 5) is 11.3. The van der Waals surface area contributed by atoms with Crippen molar-refractivity contribution in [3.8, 4) is 5.75 Å². The van der Waals surface area contributed by atoms with E-state index in [4.69, 9.17) is 0 Å². The summed E-state index contributed by atoms with van der Waals surface area (Å²) < 4.78 is 25.4. The highest BCUT2D eigenvalue weighted by Crippen LogP contribution is 2.32. The van der Waals surface area contributed by atoms with Gasteiger partial charge >= 0.3 is 0 Å². The molecule has 0 spiro atoms.